The third-order valence-electron chi connectivity index (χ3n) is 5.73. The SMILES string of the molecule is COc1cccc([C@@H](C(=O)NC(C)(C)C)N(C(=O)Cn2nnc3ccccc32)c2ccccc2OC)c1. The standard InChI is InChI=1S/C28H31N5O4/c1-28(2,3)29-27(35)26(19-11-10-12-20(17-19)36-4)33(23-15-8-9-16-24(23)37-5)25(34)18-32-22-14-7-6-13-21(22)30-31-32/h6-17,26H,18H2,1-5H3,(H,29,35)/t26-/m0/s1. The highest BCUT2D eigenvalue weighted by molar-refractivity contribution is 6.02. The number of carbonyl (C=O) groups is 2. The van der Waals surface area contributed by atoms with E-state index in [1.54, 1.807) is 49.6 Å². The predicted molar refractivity (Wildman–Crippen MR) is 142 cm³/mol. The number of para-hydroxylation sites is 3. The van der Waals surface area contributed by atoms with E-state index in [1.807, 2.05) is 51.1 Å². The summed E-state index contributed by atoms with van der Waals surface area (Å²) in [7, 11) is 3.09. The Morgan fingerprint density at radius 3 is 2.43 bits per heavy atom. The second kappa shape index (κ2) is 10.7. The van der Waals surface area contributed by atoms with Gasteiger partial charge in [-0.25, -0.2) is 4.68 Å². The van der Waals surface area contributed by atoms with Crippen molar-refractivity contribution >= 4 is 28.5 Å². The zero-order valence-electron chi connectivity index (χ0n) is 21.6. The lowest BCUT2D eigenvalue weighted by Gasteiger charge is -2.34. The smallest absolute Gasteiger partial charge is 0.249 e. The fourth-order valence-electron chi connectivity index (χ4n) is 4.15. The number of hydrogen-bond donors (Lipinski definition) is 1. The Labute approximate surface area is 216 Å². The number of anilines is 1. The maximum absolute atomic E-state index is 14.1. The third-order valence-corrected chi connectivity index (χ3v) is 5.73. The van der Waals surface area contributed by atoms with E-state index in [4.69, 9.17) is 9.47 Å². The predicted octanol–water partition coefficient (Wildman–Crippen LogP) is 4.14. The van der Waals surface area contributed by atoms with E-state index in [9.17, 15) is 9.59 Å². The van der Waals surface area contributed by atoms with Crippen LogP contribution in [0.5, 0.6) is 11.5 Å². The zero-order valence-corrected chi connectivity index (χ0v) is 21.6. The molecule has 0 bridgehead atoms. The van der Waals surface area contributed by atoms with Crippen LogP contribution >= 0.6 is 0 Å². The van der Waals surface area contributed by atoms with Crippen LogP contribution in [0, 0.1) is 0 Å². The molecule has 0 spiro atoms. The van der Waals surface area contributed by atoms with Gasteiger partial charge in [-0.2, -0.15) is 0 Å². The molecule has 1 atom stereocenters. The number of carbonyl (C=O) groups excluding carboxylic acids is 2. The Balaban J connectivity index is 1.87. The molecule has 0 fully saturated rings. The fraction of sp³-hybridized carbons (Fsp3) is 0.286. The van der Waals surface area contributed by atoms with Gasteiger partial charge in [-0.15, -0.1) is 5.10 Å². The van der Waals surface area contributed by atoms with E-state index >= 15 is 0 Å². The Morgan fingerprint density at radius 2 is 1.70 bits per heavy atom. The first-order chi connectivity index (χ1) is 17.7. The van der Waals surface area contributed by atoms with E-state index in [2.05, 4.69) is 15.6 Å². The van der Waals surface area contributed by atoms with Crippen molar-refractivity contribution in [2.24, 2.45) is 0 Å². The minimum Gasteiger partial charge on any atom is -0.497 e. The van der Waals surface area contributed by atoms with Gasteiger partial charge in [-0.3, -0.25) is 14.5 Å². The van der Waals surface area contributed by atoms with Gasteiger partial charge in [0.1, 0.15) is 29.6 Å². The van der Waals surface area contributed by atoms with Crippen molar-refractivity contribution in [1.82, 2.24) is 20.3 Å². The molecule has 192 valence electrons. The molecule has 1 heterocycles. The molecule has 2 amide bonds. The van der Waals surface area contributed by atoms with Gasteiger partial charge in [-0.05, 0) is 62.7 Å². The molecule has 9 heteroatoms. The number of benzene rings is 3. The second-order valence-electron chi connectivity index (χ2n) is 9.59. The van der Waals surface area contributed by atoms with Crippen molar-refractivity contribution in [3.8, 4) is 11.5 Å². The molecule has 0 aliphatic rings. The quantitative estimate of drug-likeness (QED) is 0.390. The molecule has 0 aliphatic carbocycles. The van der Waals surface area contributed by atoms with Crippen molar-refractivity contribution in [3.05, 3.63) is 78.4 Å². The van der Waals surface area contributed by atoms with Crippen LogP contribution in [0.1, 0.15) is 32.4 Å². The highest BCUT2D eigenvalue weighted by Crippen LogP contribution is 2.36. The van der Waals surface area contributed by atoms with Gasteiger partial charge < -0.3 is 14.8 Å². The monoisotopic (exact) mass is 501 g/mol. The van der Waals surface area contributed by atoms with Crippen molar-refractivity contribution in [2.45, 2.75) is 38.9 Å². The summed E-state index contributed by atoms with van der Waals surface area (Å²) in [6.45, 7) is 5.54. The number of methoxy groups -OCH3 is 2. The third kappa shape index (κ3) is 5.72. The number of hydrogen-bond acceptors (Lipinski definition) is 6. The van der Waals surface area contributed by atoms with Crippen LogP contribution in [0.4, 0.5) is 5.69 Å². The highest BCUT2D eigenvalue weighted by atomic mass is 16.5. The van der Waals surface area contributed by atoms with Crippen molar-refractivity contribution in [3.63, 3.8) is 0 Å². The molecular formula is C28H31N5O4. The number of fused-ring (bicyclic) bond motifs is 1. The minimum atomic E-state index is -1.02. The second-order valence-corrected chi connectivity index (χ2v) is 9.59. The Morgan fingerprint density at radius 1 is 0.973 bits per heavy atom. The first-order valence-electron chi connectivity index (χ1n) is 11.9. The molecule has 1 aromatic heterocycles. The van der Waals surface area contributed by atoms with Crippen molar-refractivity contribution in [1.29, 1.82) is 0 Å². The van der Waals surface area contributed by atoms with Gasteiger partial charge >= 0.3 is 0 Å². The summed E-state index contributed by atoms with van der Waals surface area (Å²) in [6, 6.07) is 20.6. The maximum atomic E-state index is 14.1. The normalized spacial score (nSPS) is 12.1. The van der Waals surface area contributed by atoms with Gasteiger partial charge in [-0.1, -0.05) is 41.6 Å². The van der Waals surface area contributed by atoms with Crippen LogP contribution in [-0.2, 0) is 16.1 Å². The van der Waals surface area contributed by atoms with E-state index in [-0.39, 0.29) is 18.4 Å². The molecule has 3 aromatic carbocycles. The summed E-state index contributed by atoms with van der Waals surface area (Å²) in [5.74, 6) is 0.317. The van der Waals surface area contributed by atoms with Crippen molar-refractivity contribution in [2.75, 3.05) is 19.1 Å². The summed E-state index contributed by atoms with van der Waals surface area (Å²) in [5, 5.41) is 11.4. The fourth-order valence-corrected chi connectivity index (χ4v) is 4.15. The minimum absolute atomic E-state index is 0.137. The molecular weight excluding hydrogens is 470 g/mol. The molecule has 4 aromatic rings. The van der Waals surface area contributed by atoms with E-state index in [1.165, 1.54) is 16.7 Å². The molecule has 37 heavy (non-hydrogen) atoms. The topological polar surface area (TPSA) is 98.6 Å². The maximum Gasteiger partial charge on any atom is 0.249 e. The summed E-state index contributed by atoms with van der Waals surface area (Å²) >= 11 is 0. The van der Waals surface area contributed by atoms with Crippen LogP contribution < -0.4 is 19.7 Å². The van der Waals surface area contributed by atoms with Crippen LogP contribution in [-0.4, -0.2) is 46.6 Å². The summed E-state index contributed by atoms with van der Waals surface area (Å²) in [4.78, 5) is 29.5. The number of amides is 2. The van der Waals surface area contributed by atoms with E-state index < -0.39 is 11.6 Å². The highest BCUT2D eigenvalue weighted by Gasteiger charge is 2.36. The summed E-state index contributed by atoms with van der Waals surface area (Å²) in [6.07, 6.45) is 0. The number of nitrogens with zero attached hydrogens (tertiary/aromatic N) is 4. The number of rotatable bonds is 8. The van der Waals surface area contributed by atoms with Crippen molar-refractivity contribution < 1.29 is 19.1 Å². The summed E-state index contributed by atoms with van der Waals surface area (Å²) in [5.41, 5.74) is 1.90. The van der Waals surface area contributed by atoms with Crippen LogP contribution in [0.25, 0.3) is 11.0 Å². The van der Waals surface area contributed by atoms with Gasteiger partial charge in [0.25, 0.3) is 0 Å². The van der Waals surface area contributed by atoms with Gasteiger partial charge in [0.15, 0.2) is 0 Å². The zero-order chi connectivity index (χ0) is 26.6. The lowest BCUT2D eigenvalue weighted by atomic mass is 10.00. The molecule has 1 N–H and O–H groups in total. The van der Waals surface area contributed by atoms with Crippen LogP contribution in [0.3, 0.4) is 0 Å². The molecule has 9 nitrogen and oxygen atoms in total. The van der Waals surface area contributed by atoms with Crippen LogP contribution in [0.2, 0.25) is 0 Å². The summed E-state index contributed by atoms with van der Waals surface area (Å²) < 4.78 is 12.6. The molecule has 0 saturated carbocycles. The first-order valence-corrected chi connectivity index (χ1v) is 11.9. The molecule has 0 unspecified atom stereocenters. The Hall–Kier alpha value is -4.40. The lowest BCUT2D eigenvalue weighted by molar-refractivity contribution is -0.128. The largest absolute Gasteiger partial charge is 0.497 e. The number of nitrogens with one attached hydrogen (secondary N) is 1. The molecule has 0 saturated heterocycles. The van der Waals surface area contributed by atoms with Crippen LogP contribution in [0.15, 0.2) is 72.8 Å². The van der Waals surface area contributed by atoms with E-state index in [0.717, 1.165) is 0 Å². The Bertz CT molecular complexity index is 1410. The first kappa shape index (κ1) is 25.7. The molecule has 4 rings (SSSR count). The molecule has 0 aliphatic heterocycles. The van der Waals surface area contributed by atoms with Gasteiger partial charge in [0, 0.05) is 5.54 Å². The number of aromatic nitrogens is 3. The lowest BCUT2D eigenvalue weighted by Crippen LogP contribution is -2.50. The molecule has 0 radical (unpaired) electrons. The average Bonchev–Trinajstić information content (AvgIpc) is 3.28. The van der Waals surface area contributed by atoms with E-state index in [0.29, 0.717) is 33.8 Å². The van der Waals surface area contributed by atoms with Gasteiger partial charge in [0.05, 0.1) is 25.4 Å². The van der Waals surface area contributed by atoms with Gasteiger partial charge in [0.2, 0.25) is 11.8 Å². The Kier molecular flexibility index (Phi) is 7.42. The number of ether oxygens (including phenoxy) is 2. The average molecular weight is 502 g/mol.